The molecule has 0 saturated carbocycles. The van der Waals surface area contributed by atoms with Crippen molar-refractivity contribution in [3.8, 4) is 0 Å². The highest BCUT2D eigenvalue weighted by molar-refractivity contribution is 5.64. The van der Waals surface area contributed by atoms with E-state index >= 15 is 0 Å². The van der Waals surface area contributed by atoms with E-state index in [9.17, 15) is 4.39 Å². The van der Waals surface area contributed by atoms with Crippen LogP contribution in [0.3, 0.4) is 0 Å². The molecule has 0 rings (SSSR count). The lowest BCUT2D eigenvalue weighted by atomic mass is 10.9. The van der Waals surface area contributed by atoms with Crippen LogP contribution < -0.4 is 0 Å². The normalized spacial score (nSPS) is 6.50. The SMILES string of the molecule is CC(=O)F. The van der Waals surface area contributed by atoms with Gasteiger partial charge in [0.15, 0.2) is 0 Å². The molecule has 0 aromatic rings. The van der Waals surface area contributed by atoms with Gasteiger partial charge < -0.3 is 0 Å². The van der Waals surface area contributed by atoms with Crippen molar-refractivity contribution >= 4 is 6.04 Å². The van der Waals surface area contributed by atoms with E-state index in [4.69, 9.17) is 4.79 Å². The summed E-state index contributed by atoms with van der Waals surface area (Å²) in [5, 5.41) is 0. The van der Waals surface area contributed by atoms with Crippen LogP contribution in [0.5, 0.6) is 0 Å². The Kier molecular flexibility index (Phi) is 0.886. The topological polar surface area (TPSA) is 17.1 Å². The first-order chi connectivity index (χ1) is 1.73. The predicted molar refractivity (Wildman–Crippen MR) is 11.8 cm³/mol. The van der Waals surface area contributed by atoms with Crippen LogP contribution in [0.25, 0.3) is 0 Å². The molecule has 0 aromatic carbocycles. The minimum absolute atomic E-state index is 0.861. The third kappa shape index (κ3) is 3.60. The highest BCUT2D eigenvalue weighted by atomic mass is 19.1. The van der Waals surface area contributed by atoms with Gasteiger partial charge in [-0.1, -0.05) is 0 Å². The van der Waals surface area contributed by atoms with E-state index in [1.165, 1.54) is 0 Å². The fraction of sp³-hybridized carbons (Fsp3) is 0.500. The molecule has 0 bridgehead atoms. The van der Waals surface area contributed by atoms with Crippen LogP contribution in [0.1, 0.15) is 6.92 Å². The van der Waals surface area contributed by atoms with E-state index in [1.807, 2.05) is 0 Å². The molecule has 0 aliphatic heterocycles. The van der Waals surface area contributed by atoms with Gasteiger partial charge in [0, 0.05) is 6.92 Å². The molecule has 1 nitrogen and oxygen atoms in total. The van der Waals surface area contributed by atoms with Gasteiger partial charge >= 0.3 is 0 Å². The summed E-state index contributed by atoms with van der Waals surface area (Å²) in [5.41, 5.74) is 0. The second-order valence-electron chi connectivity index (χ2n) is 0.470. The molecule has 24 valence electrons. The van der Waals surface area contributed by atoms with Crippen molar-refractivity contribution in [3.05, 3.63) is 0 Å². The van der Waals surface area contributed by atoms with Crippen LogP contribution in [-0.2, 0) is 4.79 Å². The molecular formula is C2H3FO. The molecule has 0 N–H and O–H groups in total. The van der Waals surface area contributed by atoms with E-state index in [-0.39, 0.29) is 0 Å². The molecule has 0 saturated heterocycles. The van der Waals surface area contributed by atoms with Gasteiger partial charge in [-0.2, -0.15) is 4.39 Å². The minimum Gasteiger partial charge on any atom is -0.262 e. The Labute approximate surface area is 23.4 Å². The lowest BCUT2D eigenvalue weighted by molar-refractivity contribution is -0.126. The molecular weight excluding hydrogens is 59.0 g/mol. The van der Waals surface area contributed by atoms with Crippen LogP contribution in [0.4, 0.5) is 4.39 Å². The number of hydrogen-bond acceptors (Lipinski definition) is 1. The van der Waals surface area contributed by atoms with Crippen molar-refractivity contribution in [1.29, 1.82) is 0 Å². The van der Waals surface area contributed by atoms with E-state index in [0.29, 0.717) is 0 Å². The van der Waals surface area contributed by atoms with Crippen LogP contribution in [0.2, 0.25) is 0 Å². The third-order valence-electron chi connectivity index (χ3n) is 0. The van der Waals surface area contributed by atoms with Gasteiger partial charge in [-0.05, 0) is 0 Å². The molecule has 0 aliphatic carbocycles. The molecule has 0 heterocycles. The first kappa shape index (κ1) is 3.60. The van der Waals surface area contributed by atoms with Crippen molar-refractivity contribution in [2.45, 2.75) is 6.92 Å². The van der Waals surface area contributed by atoms with Crippen molar-refractivity contribution < 1.29 is 9.18 Å². The van der Waals surface area contributed by atoms with Crippen molar-refractivity contribution in [3.63, 3.8) is 0 Å². The highest BCUT2D eigenvalue weighted by Gasteiger charge is 1.69. The number of halogens is 1. The van der Waals surface area contributed by atoms with Crippen LogP contribution in [-0.4, -0.2) is 6.04 Å². The molecule has 0 aromatic heterocycles. The first-order valence-corrected chi connectivity index (χ1v) is 0.893. The summed E-state index contributed by atoms with van der Waals surface area (Å²) in [4.78, 5) is 8.78. The summed E-state index contributed by atoms with van der Waals surface area (Å²) < 4.78 is 10.4. The Morgan fingerprint density at radius 1 is 2.00 bits per heavy atom. The third-order valence-corrected chi connectivity index (χ3v) is 0. The Bertz CT molecular complexity index is 29.0. The van der Waals surface area contributed by atoms with Crippen LogP contribution in [0, 0.1) is 0 Å². The number of carbonyl (C=O) groups is 1. The minimum atomic E-state index is -1.33. The molecule has 0 radical (unpaired) electrons. The Morgan fingerprint density at radius 3 is 2.00 bits per heavy atom. The maximum absolute atomic E-state index is 10.4. The average molecular weight is 62.0 g/mol. The summed E-state index contributed by atoms with van der Waals surface area (Å²) in [6.07, 6.45) is 0. The second-order valence-corrected chi connectivity index (χ2v) is 0.470. The van der Waals surface area contributed by atoms with E-state index in [2.05, 4.69) is 0 Å². The van der Waals surface area contributed by atoms with Crippen LogP contribution >= 0.6 is 0 Å². The van der Waals surface area contributed by atoms with Gasteiger partial charge in [-0.15, -0.1) is 0 Å². The lowest BCUT2D eigenvalue weighted by Crippen LogP contribution is -1.65. The average Bonchev–Trinajstić information content (AvgIpc) is 0.811. The Hall–Kier alpha value is -0.400. The van der Waals surface area contributed by atoms with Crippen molar-refractivity contribution in [2.24, 2.45) is 0 Å². The molecule has 0 fully saturated rings. The highest BCUT2D eigenvalue weighted by Crippen LogP contribution is 1.58. The van der Waals surface area contributed by atoms with E-state index in [1.54, 1.807) is 0 Å². The van der Waals surface area contributed by atoms with Gasteiger partial charge in [0.2, 0.25) is 0 Å². The summed E-state index contributed by atoms with van der Waals surface area (Å²) in [5.74, 6) is 0. The van der Waals surface area contributed by atoms with Gasteiger partial charge in [0.1, 0.15) is 0 Å². The fourth-order valence-electron chi connectivity index (χ4n) is 0. The van der Waals surface area contributed by atoms with E-state index < -0.39 is 6.04 Å². The van der Waals surface area contributed by atoms with Crippen LogP contribution in [0.15, 0.2) is 0 Å². The number of rotatable bonds is 0. The standard InChI is InChI=1S/C2H3FO/c1-2(3)4/h1H3. The molecule has 0 amide bonds. The maximum Gasteiger partial charge on any atom is 0.298 e. The summed E-state index contributed by atoms with van der Waals surface area (Å²) in [6.45, 7) is 0.861. The van der Waals surface area contributed by atoms with E-state index in [0.717, 1.165) is 6.92 Å². The smallest absolute Gasteiger partial charge is 0.262 e. The molecule has 0 atom stereocenters. The van der Waals surface area contributed by atoms with Gasteiger partial charge in [-0.3, -0.25) is 4.79 Å². The lowest BCUT2D eigenvalue weighted by Gasteiger charge is -1.50. The zero-order valence-electron chi connectivity index (χ0n) is 2.29. The van der Waals surface area contributed by atoms with Gasteiger partial charge in [0.05, 0.1) is 0 Å². The monoisotopic (exact) mass is 62.0 g/mol. The second kappa shape index (κ2) is 0.985. The predicted octanol–water partition coefficient (Wildman–Crippen LogP) is 0.502. The molecule has 0 aliphatic rings. The largest absolute Gasteiger partial charge is 0.298 e. The molecule has 0 spiro atoms. The molecule has 0 unspecified atom stereocenters. The van der Waals surface area contributed by atoms with Gasteiger partial charge in [0.25, 0.3) is 6.04 Å². The zero-order valence-corrected chi connectivity index (χ0v) is 2.29. The fourth-order valence-corrected chi connectivity index (χ4v) is 0. The van der Waals surface area contributed by atoms with Crippen molar-refractivity contribution in [2.75, 3.05) is 0 Å². The summed E-state index contributed by atoms with van der Waals surface area (Å²) in [6, 6.07) is -1.33. The maximum atomic E-state index is 10.4. The Balaban J connectivity index is 2.80. The zero-order chi connectivity index (χ0) is 3.58. The molecule has 2 heteroatoms. The summed E-state index contributed by atoms with van der Waals surface area (Å²) in [7, 11) is 0. The number of hydrogen-bond donors (Lipinski definition) is 0. The van der Waals surface area contributed by atoms with Crippen molar-refractivity contribution in [1.82, 2.24) is 0 Å². The Morgan fingerprint density at radius 2 is 2.00 bits per heavy atom. The quantitative estimate of drug-likeness (QED) is 0.373. The molecule has 4 heavy (non-hydrogen) atoms. The number of carbonyl (C=O) groups excluding carboxylic acids is 1. The summed E-state index contributed by atoms with van der Waals surface area (Å²) >= 11 is 0. The first-order valence-electron chi connectivity index (χ1n) is 0.893. The van der Waals surface area contributed by atoms with Gasteiger partial charge in [-0.25, -0.2) is 0 Å².